The quantitative estimate of drug-likeness (QED) is 0.343. The summed E-state index contributed by atoms with van der Waals surface area (Å²) in [6.45, 7) is 11.8. The van der Waals surface area contributed by atoms with E-state index in [9.17, 15) is 10.2 Å². The van der Waals surface area contributed by atoms with E-state index in [1.165, 1.54) is 25.7 Å². The summed E-state index contributed by atoms with van der Waals surface area (Å²) in [6.07, 6.45) is 8.87. The average molecular weight is 341 g/mol. The Morgan fingerprint density at radius 3 is 2.54 bits per heavy atom. The molecule has 4 atom stereocenters. The van der Waals surface area contributed by atoms with E-state index in [2.05, 4.69) is 44.4 Å². The fourth-order valence-electron chi connectivity index (χ4n) is 3.81. The molecule has 0 spiro atoms. The van der Waals surface area contributed by atoms with Gasteiger partial charge in [0.15, 0.2) is 0 Å². The Morgan fingerprint density at radius 2 is 2.00 bits per heavy atom. The summed E-state index contributed by atoms with van der Waals surface area (Å²) >= 11 is 0. The number of rotatable bonds is 11. The minimum absolute atomic E-state index is 0.319. The van der Waals surface area contributed by atoms with E-state index in [1.54, 1.807) is 6.92 Å². The Labute approximate surface area is 149 Å². The van der Waals surface area contributed by atoms with E-state index >= 15 is 0 Å². The molecule has 0 bridgehead atoms. The van der Waals surface area contributed by atoms with E-state index in [0.29, 0.717) is 17.4 Å². The Kier molecular flexibility index (Phi) is 9.50. The molecule has 4 nitrogen and oxygen atoms in total. The maximum atomic E-state index is 10.4. The molecule has 0 aromatic heterocycles. The fourth-order valence-corrected chi connectivity index (χ4v) is 3.81. The topological polar surface area (TPSA) is 64.5 Å². The van der Waals surface area contributed by atoms with Crippen LogP contribution in [0.5, 0.6) is 0 Å². The van der Waals surface area contributed by atoms with Gasteiger partial charge in [-0.2, -0.15) is 0 Å². The number of hydrogen-bond donors (Lipinski definition) is 4. The molecule has 0 radical (unpaired) electrons. The lowest BCUT2D eigenvalue weighted by Crippen LogP contribution is -2.40. The summed E-state index contributed by atoms with van der Waals surface area (Å²) in [4.78, 5) is 0. The zero-order valence-electron chi connectivity index (χ0n) is 16.4. The lowest BCUT2D eigenvalue weighted by atomic mass is 9.79. The first-order valence-corrected chi connectivity index (χ1v) is 9.78. The zero-order valence-corrected chi connectivity index (χ0v) is 16.4. The Morgan fingerprint density at radius 1 is 1.29 bits per heavy atom. The van der Waals surface area contributed by atoms with Gasteiger partial charge in [-0.1, -0.05) is 46.6 Å². The molecule has 1 rings (SSSR count). The number of hydrogen-bond acceptors (Lipinski definition) is 4. The Hall–Kier alpha value is -0.420. The van der Waals surface area contributed by atoms with Crippen LogP contribution in [0.15, 0.2) is 11.6 Å². The standard InChI is InChI=1S/C20H40N2O2/c1-6-7-12-20(4,5)13-15(2)14-21-19(24)17-8-10-18(11-9-17)22-16(3)23/h8,15-16,18-19,21-24H,6-7,9-14H2,1-5H3/t15-,16?,18?,19?/m0/s1. The highest BCUT2D eigenvalue weighted by Gasteiger charge is 2.23. The zero-order chi connectivity index (χ0) is 18.2. The van der Waals surface area contributed by atoms with Crippen molar-refractivity contribution < 1.29 is 10.2 Å². The Balaban J connectivity index is 2.32. The molecule has 0 aliphatic heterocycles. The van der Waals surface area contributed by atoms with E-state index in [-0.39, 0.29) is 0 Å². The molecular weight excluding hydrogens is 300 g/mol. The van der Waals surface area contributed by atoms with Crippen LogP contribution in [-0.2, 0) is 0 Å². The van der Waals surface area contributed by atoms with Crippen molar-refractivity contribution in [1.29, 1.82) is 0 Å². The summed E-state index contributed by atoms with van der Waals surface area (Å²) in [6, 6.07) is 0.319. The largest absolute Gasteiger partial charge is 0.379 e. The van der Waals surface area contributed by atoms with Gasteiger partial charge in [0, 0.05) is 12.6 Å². The first-order chi connectivity index (χ1) is 11.2. The molecule has 24 heavy (non-hydrogen) atoms. The molecule has 1 aliphatic rings. The third kappa shape index (κ3) is 8.61. The van der Waals surface area contributed by atoms with E-state index < -0.39 is 12.5 Å². The van der Waals surface area contributed by atoms with Crippen molar-refractivity contribution in [3.05, 3.63) is 11.6 Å². The SMILES string of the molecule is CCCCC(C)(C)C[C@H](C)CNC(O)C1=CCC(NC(C)O)CC1. The summed E-state index contributed by atoms with van der Waals surface area (Å²) < 4.78 is 0. The highest BCUT2D eigenvalue weighted by atomic mass is 16.3. The summed E-state index contributed by atoms with van der Waals surface area (Å²) in [5.74, 6) is 0.556. The molecule has 3 unspecified atom stereocenters. The van der Waals surface area contributed by atoms with Crippen LogP contribution in [-0.4, -0.2) is 35.3 Å². The number of aliphatic hydroxyl groups is 2. The molecule has 4 heteroatoms. The highest BCUT2D eigenvalue weighted by Crippen LogP contribution is 2.31. The van der Waals surface area contributed by atoms with Crippen LogP contribution >= 0.6 is 0 Å². The summed E-state index contributed by atoms with van der Waals surface area (Å²) in [7, 11) is 0. The molecule has 4 N–H and O–H groups in total. The predicted molar refractivity (Wildman–Crippen MR) is 102 cm³/mol. The van der Waals surface area contributed by atoms with Gasteiger partial charge in [0.25, 0.3) is 0 Å². The van der Waals surface area contributed by atoms with Crippen molar-refractivity contribution in [3.63, 3.8) is 0 Å². The number of nitrogens with one attached hydrogen (secondary N) is 2. The van der Waals surface area contributed by atoms with Gasteiger partial charge in [0.2, 0.25) is 0 Å². The van der Waals surface area contributed by atoms with Crippen LogP contribution in [0, 0.1) is 11.3 Å². The maximum absolute atomic E-state index is 10.4. The third-order valence-electron chi connectivity index (χ3n) is 5.04. The summed E-state index contributed by atoms with van der Waals surface area (Å²) in [5, 5.41) is 26.2. The van der Waals surface area contributed by atoms with Crippen molar-refractivity contribution >= 4 is 0 Å². The van der Waals surface area contributed by atoms with E-state index in [0.717, 1.165) is 31.4 Å². The Bertz CT molecular complexity index is 380. The minimum atomic E-state index is -0.529. The van der Waals surface area contributed by atoms with Crippen molar-refractivity contribution in [2.45, 2.75) is 98.1 Å². The van der Waals surface area contributed by atoms with Gasteiger partial charge in [-0.05, 0) is 55.9 Å². The van der Waals surface area contributed by atoms with Gasteiger partial charge in [0.05, 0.1) is 0 Å². The molecule has 142 valence electrons. The average Bonchev–Trinajstić information content (AvgIpc) is 2.50. The molecular formula is C20H40N2O2. The molecule has 0 amide bonds. The molecule has 0 saturated carbocycles. The smallest absolute Gasteiger partial charge is 0.127 e. The van der Waals surface area contributed by atoms with Crippen LogP contribution in [0.25, 0.3) is 0 Å². The van der Waals surface area contributed by atoms with Crippen LogP contribution in [0.3, 0.4) is 0 Å². The summed E-state index contributed by atoms with van der Waals surface area (Å²) in [5.41, 5.74) is 1.47. The van der Waals surface area contributed by atoms with Crippen LogP contribution in [0.1, 0.15) is 79.6 Å². The van der Waals surface area contributed by atoms with Crippen molar-refractivity contribution in [2.24, 2.45) is 11.3 Å². The molecule has 0 aromatic carbocycles. The second kappa shape index (κ2) is 10.5. The second-order valence-corrected chi connectivity index (χ2v) is 8.48. The molecule has 0 aromatic rings. The normalized spacial score (nSPS) is 22.8. The van der Waals surface area contributed by atoms with Gasteiger partial charge in [-0.15, -0.1) is 0 Å². The van der Waals surface area contributed by atoms with Gasteiger partial charge >= 0.3 is 0 Å². The molecule has 0 heterocycles. The predicted octanol–water partition coefficient (Wildman–Crippen LogP) is 3.54. The minimum Gasteiger partial charge on any atom is -0.379 e. The van der Waals surface area contributed by atoms with E-state index in [1.807, 2.05) is 0 Å². The molecule has 1 aliphatic carbocycles. The fraction of sp³-hybridized carbons (Fsp3) is 0.900. The maximum Gasteiger partial charge on any atom is 0.127 e. The first kappa shape index (κ1) is 21.6. The van der Waals surface area contributed by atoms with Gasteiger partial charge in [0.1, 0.15) is 12.5 Å². The van der Waals surface area contributed by atoms with E-state index in [4.69, 9.17) is 0 Å². The second-order valence-electron chi connectivity index (χ2n) is 8.48. The monoisotopic (exact) mass is 340 g/mol. The van der Waals surface area contributed by atoms with Gasteiger partial charge in [-0.25, -0.2) is 0 Å². The lowest BCUT2D eigenvalue weighted by molar-refractivity contribution is 0.131. The van der Waals surface area contributed by atoms with Crippen LogP contribution in [0.4, 0.5) is 0 Å². The lowest BCUT2D eigenvalue weighted by Gasteiger charge is -2.30. The van der Waals surface area contributed by atoms with Crippen molar-refractivity contribution in [3.8, 4) is 0 Å². The van der Waals surface area contributed by atoms with Gasteiger partial charge < -0.3 is 10.2 Å². The van der Waals surface area contributed by atoms with Crippen molar-refractivity contribution in [1.82, 2.24) is 10.6 Å². The molecule has 0 saturated heterocycles. The van der Waals surface area contributed by atoms with Crippen molar-refractivity contribution in [2.75, 3.05) is 6.54 Å². The highest BCUT2D eigenvalue weighted by molar-refractivity contribution is 5.12. The van der Waals surface area contributed by atoms with Gasteiger partial charge in [-0.3, -0.25) is 10.6 Å². The van der Waals surface area contributed by atoms with Crippen LogP contribution in [0.2, 0.25) is 0 Å². The third-order valence-corrected chi connectivity index (χ3v) is 5.04. The number of aliphatic hydroxyl groups excluding tert-OH is 2. The van der Waals surface area contributed by atoms with Crippen LogP contribution < -0.4 is 10.6 Å². The first-order valence-electron chi connectivity index (χ1n) is 9.78. The number of unbranched alkanes of at least 4 members (excludes halogenated alkanes) is 1. The molecule has 0 fully saturated rings.